The van der Waals surface area contributed by atoms with E-state index in [-0.39, 0.29) is 11.9 Å². The lowest BCUT2D eigenvalue weighted by atomic mass is 9.95. The molecule has 6 heteroatoms. The van der Waals surface area contributed by atoms with E-state index in [0.717, 1.165) is 55.7 Å². The van der Waals surface area contributed by atoms with Crippen LogP contribution in [-0.2, 0) is 12.8 Å². The molecule has 2 N–H and O–H groups in total. The van der Waals surface area contributed by atoms with E-state index in [4.69, 9.17) is 0 Å². The summed E-state index contributed by atoms with van der Waals surface area (Å²) in [6.07, 6.45) is 8.85. The van der Waals surface area contributed by atoms with Crippen molar-refractivity contribution in [1.29, 1.82) is 0 Å². The Morgan fingerprint density at radius 2 is 2.26 bits per heavy atom. The molecule has 1 amide bonds. The van der Waals surface area contributed by atoms with Crippen LogP contribution in [0.3, 0.4) is 0 Å². The standard InChI is InChI=1S/C17H21N5O/c23-17(16-14-5-1-2-6-15(14)20-21-16)22-9-7-13(11-22)19-12-4-3-8-18-10-12/h3-4,8,10,13,19H,1-2,5-7,9,11H2,(H,20,21)/t13-/m1/s1. The summed E-state index contributed by atoms with van der Waals surface area (Å²) in [4.78, 5) is 18.8. The van der Waals surface area contributed by atoms with E-state index in [1.54, 1.807) is 6.20 Å². The van der Waals surface area contributed by atoms with Gasteiger partial charge >= 0.3 is 0 Å². The van der Waals surface area contributed by atoms with Crippen molar-refractivity contribution in [3.8, 4) is 0 Å². The van der Waals surface area contributed by atoms with E-state index in [9.17, 15) is 4.79 Å². The number of fused-ring (bicyclic) bond motifs is 1. The molecular weight excluding hydrogens is 290 g/mol. The second-order valence-corrected chi connectivity index (χ2v) is 6.36. The van der Waals surface area contributed by atoms with Crippen molar-refractivity contribution in [3.63, 3.8) is 0 Å². The van der Waals surface area contributed by atoms with Gasteiger partial charge in [0.1, 0.15) is 0 Å². The molecule has 23 heavy (non-hydrogen) atoms. The molecule has 1 aliphatic carbocycles. The average Bonchev–Trinajstić information content (AvgIpc) is 3.22. The van der Waals surface area contributed by atoms with E-state index >= 15 is 0 Å². The van der Waals surface area contributed by atoms with Crippen LogP contribution in [0.1, 0.15) is 41.0 Å². The van der Waals surface area contributed by atoms with Gasteiger partial charge in [0.2, 0.25) is 0 Å². The number of nitrogens with one attached hydrogen (secondary N) is 2. The highest BCUT2D eigenvalue weighted by atomic mass is 16.2. The Balaban J connectivity index is 1.43. The number of nitrogens with zero attached hydrogens (tertiary/aromatic N) is 3. The topological polar surface area (TPSA) is 73.9 Å². The van der Waals surface area contributed by atoms with Gasteiger partial charge < -0.3 is 10.2 Å². The highest BCUT2D eigenvalue weighted by molar-refractivity contribution is 5.94. The molecule has 2 aromatic heterocycles. The van der Waals surface area contributed by atoms with Crippen molar-refractivity contribution in [2.75, 3.05) is 18.4 Å². The molecule has 2 aromatic rings. The Labute approximate surface area is 135 Å². The van der Waals surface area contributed by atoms with E-state index in [2.05, 4.69) is 20.5 Å². The van der Waals surface area contributed by atoms with Gasteiger partial charge in [-0.05, 0) is 44.2 Å². The number of amides is 1. The monoisotopic (exact) mass is 311 g/mol. The first-order valence-electron chi connectivity index (χ1n) is 8.33. The third-order valence-electron chi connectivity index (χ3n) is 4.77. The summed E-state index contributed by atoms with van der Waals surface area (Å²) >= 11 is 0. The zero-order chi connectivity index (χ0) is 15.6. The number of aromatic amines is 1. The highest BCUT2D eigenvalue weighted by Crippen LogP contribution is 2.24. The van der Waals surface area contributed by atoms with Gasteiger partial charge in [-0.2, -0.15) is 5.10 Å². The van der Waals surface area contributed by atoms with Crippen LogP contribution in [0.15, 0.2) is 24.5 Å². The Morgan fingerprint density at radius 1 is 1.35 bits per heavy atom. The normalized spacial score (nSPS) is 20.3. The molecule has 4 rings (SSSR count). The molecule has 0 saturated carbocycles. The lowest BCUT2D eigenvalue weighted by Gasteiger charge is -2.18. The second kappa shape index (κ2) is 6.02. The highest BCUT2D eigenvalue weighted by Gasteiger charge is 2.30. The molecule has 0 bridgehead atoms. The third kappa shape index (κ3) is 2.81. The maximum absolute atomic E-state index is 12.8. The average molecular weight is 311 g/mol. The molecule has 1 atom stereocenters. The molecule has 2 aliphatic rings. The van der Waals surface area contributed by atoms with Crippen LogP contribution in [0.25, 0.3) is 0 Å². The van der Waals surface area contributed by atoms with Crippen molar-refractivity contribution < 1.29 is 4.79 Å². The summed E-state index contributed by atoms with van der Waals surface area (Å²) in [6, 6.07) is 4.19. The predicted molar refractivity (Wildman–Crippen MR) is 87.4 cm³/mol. The van der Waals surface area contributed by atoms with Gasteiger partial charge in [-0.15, -0.1) is 0 Å². The van der Waals surface area contributed by atoms with Gasteiger partial charge in [0.15, 0.2) is 5.69 Å². The van der Waals surface area contributed by atoms with Crippen LogP contribution in [0.2, 0.25) is 0 Å². The van der Waals surface area contributed by atoms with E-state index in [1.165, 1.54) is 6.42 Å². The summed E-state index contributed by atoms with van der Waals surface area (Å²) < 4.78 is 0. The van der Waals surface area contributed by atoms with Crippen LogP contribution >= 0.6 is 0 Å². The van der Waals surface area contributed by atoms with E-state index in [0.29, 0.717) is 5.69 Å². The van der Waals surface area contributed by atoms with Crippen LogP contribution in [0.4, 0.5) is 5.69 Å². The van der Waals surface area contributed by atoms with E-state index in [1.807, 2.05) is 23.2 Å². The molecule has 3 heterocycles. The molecular formula is C17H21N5O. The lowest BCUT2D eigenvalue weighted by Crippen LogP contribution is -2.32. The Bertz CT molecular complexity index is 696. The van der Waals surface area contributed by atoms with Gasteiger partial charge in [0.25, 0.3) is 5.91 Å². The smallest absolute Gasteiger partial charge is 0.274 e. The van der Waals surface area contributed by atoms with Crippen LogP contribution in [0, 0.1) is 0 Å². The third-order valence-corrected chi connectivity index (χ3v) is 4.77. The van der Waals surface area contributed by atoms with Gasteiger partial charge in [0, 0.05) is 42.8 Å². The van der Waals surface area contributed by atoms with Gasteiger partial charge in [-0.3, -0.25) is 14.9 Å². The molecule has 0 aromatic carbocycles. The zero-order valence-corrected chi connectivity index (χ0v) is 13.1. The maximum atomic E-state index is 12.8. The van der Waals surface area contributed by atoms with Gasteiger partial charge in [0.05, 0.1) is 5.69 Å². The minimum absolute atomic E-state index is 0.0693. The van der Waals surface area contributed by atoms with Crippen LogP contribution < -0.4 is 5.32 Å². The summed E-state index contributed by atoms with van der Waals surface area (Å²) in [6.45, 7) is 1.49. The van der Waals surface area contributed by atoms with Gasteiger partial charge in [-0.25, -0.2) is 0 Å². The minimum Gasteiger partial charge on any atom is -0.379 e. The van der Waals surface area contributed by atoms with Gasteiger partial charge in [-0.1, -0.05) is 0 Å². The molecule has 0 spiro atoms. The molecule has 1 aliphatic heterocycles. The fourth-order valence-corrected chi connectivity index (χ4v) is 3.55. The number of pyridine rings is 1. The van der Waals surface area contributed by atoms with Crippen molar-refractivity contribution in [1.82, 2.24) is 20.1 Å². The van der Waals surface area contributed by atoms with Crippen molar-refractivity contribution >= 4 is 11.6 Å². The number of H-pyrrole nitrogens is 1. The Kier molecular flexibility index (Phi) is 3.73. The molecule has 1 fully saturated rings. The lowest BCUT2D eigenvalue weighted by molar-refractivity contribution is 0.0784. The molecule has 6 nitrogen and oxygen atoms in total. The van der Waals surface area contributed by atoms with Crippen molar-refractivity contribution in [2.45, 2.75) is 38.1 Å². The van der Waals surface area contributed by atoms with Crippen molar-refractivity contribution in [3.05, 3.63) is 41.5 Å². The molecule has 0 radical (unpaired) electrons. The summed E-state index contributed by atoms with van der Waals surface area (Å²) in [7, 11) is 0. The number of aryl methyl sites for hydroxylation is 1. The predicted octanol–water partition coefficient (Wildman–Crippen LogP) is 2.01. The Morgan fingerprint density at radius 3 is 3.13 bits per heavy atom. The second-order valence-electron chi connectivity index (χ2n) is 6.36. The number of hydrogen-bond acceptors (Lipinski definition) is 4. The molecule has 0 unspecified atom stereocenters. The first-order chi connectivity index (χ1) is 11.3. The minimum atomic E-state index is 0.0693. The number of likely N-dealkylation sites (tertiary alicyclic amines) is 1. The number of rotatable bonds is 3. The fourth-order valence-electron chi connectivity index (χ4n) is 3.55. The van der Waals surface area contributed by atoms with Crippen LogP contribution in [-0.4, -0.2) is 45.1 Å². The summed E-state index contributed by atoms with van der Waals surface area (Å²) in [5, 5.41) is 10.8. The molecule has 120 valence electrons. The van der Waals surface area contributed by atoms with E-state index < -0.39 is 0 Å². The largest absolute Gasteiger partial charge is 0.379 e. The Hall–Kier alpha value is -2.37. The summed E-state index contributed by atoms with van der Waals surface area (Å²) in [5.74, 6) is 0.0693. The summed E-state index contributed by atoms with van der Waals surface area (Å²) in [5.41, 5.74) is 3.94. The quantitative estimate of drug-likeness (QED) is 0.909. The SMILES string of the molecule is O=C(c1n[nH]c2c1CCCC2)N1CC[C@@H](Nc2cccnc2)C1. The molecule has 1 saturated heterocycles. The van der Waals surface area contributed by atoms with Crippen molar-refractivity contribution in [2.24, 2.45) is 0 Å². The maximum Gasteiger partial charge on any atom is 0.274 e. The number of aromatic nitrogens is 3. The number of carbonyl (C=O) groups is 1. The number of hydrogen-bond donors (Lipinski definition) is 2. The first kappa shape index (κ1) is 14.2. The number of carbonyl (C=O) groups excluding carboxylic acids is 1. The van der Waals surface area contributed by atoms with Crippen LogP contribution in [0.5, 0.6) is 0 Å². The number of anilines is 1. The fraction of sp³-hybridized carbons (Fsp3) is 0.471. The first-order valence-corrected chi connectivity index (χ1v) is 8.33. The zero-order valence-electron chi connectivity index (χ0n) is 13.1.